The highest BCUT2D eigenvalue weighted by Gasteiger charge is 2.31. The fraction of sp³-hybridized carbons (Fsp3) is 1.00. The zero-order chi connectivity index (χ0) is 11.6. The van der Waals surface area contributed by atoms with E-state index in [1.54, 1.807) is 0 Å². The van der Waals surface area contributed by atoms with E-state index in [2.05, 4.69) is 55.8 Å². The van der Waals surface area contributed by atoms with Crippen LogP contribution in [0.15, 0.2) is 0 Å². The van der Waals surface area contributed by atoms with Crippen LogP contribution in [-0.2, 0) is 0 Å². The fourth-order valence-corrected chi connectivity index (χ4v) is 2.76. The molecule has 0 atom stereocenters. The predicted octanol–water partition coefficient (Wildman–Crippen LogP) is 3.55. The summed E-state index contributed by atoms with van der Waals surface area (Å²) < 4.78 is 1.06. The van der Waals surface area contributed by atoms with Crippen molar-refractivity contribution in [2.75, 3.05) is 27.7 Å². The molecule has 1 nitrogen and oxygen atoms in total. The molecular weight excluding hydrogens is 170 g/mol. The third-order valence-electron chi connectivity index (χ3n) is 2.82. The summed E-state index contributed by atoms with van der Waals surface area (Å²) in [6.45, 7) is 13.1. The van der Waals surface area contributed by atoms with Crippen molar-refractivity contribution in [1.82, 2.24) is 0 Å². The minimum Gasteiger partial charge on any atom is -0.330 e. The first-order valence-electron chi connectivity index (χ1n) is 5.78. The lowest BCUT2D eigenvalue weighted by Crippen LogP contribution is -2.44. The Morgan fingerprint density at radius 3 is 1.57 bits per heavy atom. The Hall–Kier alpha value is -0.0400. The second-order valence-corrected chi connectivity index (χ2v) is 7.31. The second-order valence-electron chi connectivity index (χ2n) is 7.31. The third-order valence-corrected chi connectivity index (χ3v) is 2.82. The Kier molecular flexibility index (Phi) is 4.21. The van der Waals surface area contributed by atoms with Gasteiger partial charge in [-0.25, -0.2) is 0 Å². The van der Waals surface area contributed by atoms with Crippen molar-refractivity contribution >= 4 is 0 Å². The quantitative estimate of drug-likeness (QED) is 0.595. The molecule has 0 aliphatic carbocycles. The van der Waals surface area contributed by atoms with Crippen molar-refractivity contribution in [2.45, 2.75) is 47.5 Å². The molecule has 0 rings (SSSR count). The summed E-state index contributed by atoms with van der Waals surface area (Å²) in [5.41, 5.74) is 0.927. The molecule has 0 aromatic rings. The predicted molar refractivity (Wildman–Crippen MR) is 65.4 cm³/mol. The van der Waals surface area contributed by atoms with Crippen LogP contribution in [0.5, 0.6) is 0 Å². The molecule has 86 valence electrons. The standard InChI is InChI=1S/C13H30N/c1-9-12(2,3)10-13(4,5)11-14(6,7)8/h9-11H2,1-8H3/q+1. The number of nitrogens with zero attached hydrogens (tertiary/aromatic N) is 1. The van der Waals surface area contributed by atoms with Gasteiger partial charge in [-0.15, -0.1) is 0 Å². The van der Waals surface area contributed by atoms with Crippen molar-refractivity contribution in [2.24, 2.45) is 10.8 Å². The van der Waals surface area contributed by atoms with Gasteiger partial charge >= 0.3 is 0 Å². The van der Waals surface area contributed by atoms with Crippen LogP contribution < -0.4 is 0 Å². The van der Waals surface area contributed by atoms with Crippen LogP contribution in [-0.4, -0.2) is 32.2 Å². The maximum Gasteiger partial charge on any atom is 0.0832 e. The van der Waals surface area contributed by atoms with E-state index in [0.29, 0.717) is 10.8 Å². The van der Waals surface area contributed by atoms with Crippen LogP contribution in [0.2, 0.25) is 0 Å². The van der Waals surface area contributed by atoms with Gasteiger partial charge < -0.3 is 4.48 Å². The van der Waals surface area contributed by atoms with Crippen molar-refractivity contribution in [3.8, 4) is 0 Å². The first-order chi connectivity index (χ1) is 5.97. The molecule has 0 radical (unpaired) electrons. The molecule has 0 spiro atoms. The Morgan fingerprint density at radius 2 is 1.29 bits per heavy atom. The number of hydrogen-bond donors (Lipinski definition) is 0. The normalized spacial score (nSPS) is 14.6. The molecule has 0 amide bonds. The van der Waals surface area contributed by atoms with E-state index >= 15 is 0 Å². The van der Waals surface area contributed by atoms with E-state index in [-0.39, 0.29) is 0 Å². The molecular formula is C13H30N+. The minimum atomic E-state index is 0.442. The zero-order valence-corrected chi connectivity index (χ0v) is 11.6. The molecule has 14 heavy (non-hydrogen) atoms. The first kappa shape index (κ1) is 14.0. The summed E-state index contributed by atoms with van der Waals surface area (Å²) >= 11 is 0. The van der Waals surface area contributed by atoms with Gasteiger partial charge in [0.2, 0.25) is 0 Å². The molecule has 0 saturated carbocycles. The lowest BCUT2D eigenvalue weighted by molar-refractivity contribution is -0.877. The largest absolute Gasteiger partial charge is 0.330 e. The highest BCUT2D eigenvalue weighted by atomic mass is 15.3. The molecule has 0 N–H and O–H groups in total. The summed E-state index contributed by atoms with van der Waals surface area (Å²) in [6, 6.07) is 0. The van der Waals surface area contributed by atoms with Crippen LogP contribution in [0.4, 0.5) is 0 Å². The van der Waals surface area contributed by atoms with E-state index < -0.39 is 0 Å². The van der Waals surface area contributed by atoms with Crippen molar-refractivity contribution in [3.05, 3.63) is 0 Å². The molecule has 0 aliphatic rings. The van der Waals surface area contributed by atoms with Gasteiger partial charge in [-0.05, 0) is 11.8 Å². The summed E-state index contributed by atoms with van der Waals surface area (Å²) in [5.74, 6) is 0. The highest BCUT2D eigenvalue weighted by molar-refractivity contribution is 4.78. The maximum atomic E-state index is 2.40. The van der Waals surface area contributed by atoms with Gasteiger partial charge in [0.05, 0.1) is 27.7 Å². The van der Waals surface area contributed by atoms with Crippen LogP contribution >= 0.6 is 0 Å². The average Bonchev–Trinajstić information content (AvgIpc) is 1.78. The van der Waals surface area contributed by atoms with Crippen LogP contribution in [0.1, 0.15) is 47.5 Å². The lowest BCUT2D eigenvalue weighted by atomic mass is 9.73. The molecule has 0 unspecified atom stereocenters. The Bertz CT molecular complexity index is 172. The summed E-state index contributed by atoms with van der Waals surface area (Å²) in [4.78, 5) is 0. The Morgan fingerprint density at radius 1 is 0.857 bits per heavy atom. The van der Waals surface area contributed by atoms with Gasteiger partial charge in [0.25, 0.3) is 0 Å². The van der Waals surface area contributed by atoms with Gasteiger partial charge in [-0.3, -0.25) is 0 Å². The summed E-state index contributed by atoms with van der Waals surface area (Å²) in [5, 5.41) is 0. The van der Waals surface area contributed by atoms with Gasteiger partial charge in [0.15, 0.2) is 0 Å². The van der Waals surface area contributed by atoms with Crippen LogP contribution in [0.25, 0.3) is 0 Å². The lowest BCUT2D eigenvalue weighted by Gasteiger charge is -2.39. The van der Waals surface area contributed by atoms with E-state index in [9.17, 15) is 0 Å². The van der Waals surface area contributed by atoms with Crippen molar-refractivity contribution < 1.29 is 4.48 Å². The van der Waals surface area contributed by atoms with E-state index in [1.165, 1.54) is 19.4 Å². The molecule has 0 heterocycles. The summed E-state index contributed by atoms with van der Waals surface area (Å²) in [7, 11) is 6.84. The van der Waals surface area contributed by atoms with E-state index in [4.69, 9.17) is 0 Å². The van der Waals surface area contributed by atoms with E-state index in [0.717, 1.165) is 4.48 Å². The van der Waals surface area contributed by atoms with Gasteiger partial charge in [-0.2, -0.15) is 0 Å². The second kappa shape index (κ2) is 4.22. The van der Waals surface area contributed by atoms with E-state index in [1.807, 2.05) is 0 Å². The number of hydrogen-bond acceptors (Lipinski definition) is 0. The Balaban J connectivity index is 4.35. The molecule has 0 saturated heterocycles. The molecule has 0 fully saturated rings. The molecule has 0 aliphatic heterocycles. The molecule has 1 heteroatoms. The molecule has 0 aromatic heterocycles. The van der Waals surface area contributed by atoms with Gasteiger partial charge in [0, 0.05) is 5.41 Å². The third kappa shape index (κ3) is 6.42. The van der Waals surface area contributed by atoms with Crippen molar-refractivity contribution in [3.63, 3.8) is 0 Å². The van der Waals surface area contributed by atoms with Crippen LogP contribution in [0.3, 0.4) is 0 Å². The highest BCUT2D eigenvalue weighted by Crippen LogP contribution is 2.36. The minimum absolute atomic E-state index is 0.442. The topological polar surface area (TPSA) is 0 Å². The smallest absolute Gasteiger partial charge is 0.0832 e. The van der Waals surface area contributed by atoms with Crippen molar-refractivity contribution in [1.29, 1.82) is 0 Å². The van der Waals surface area contributed by atoms with Gasteiger partial charge in [-0.1, -0.05) is 41.0 Å². The monoisotopic (exact) mass is 200 g/mol. The average molecular weight is 200 g/mol. The fourth-order valence-electron chi connectivity index (χ4n) is 2.76. The van der Waals surface area contributed by atoms with Crippen LogP contribution in [0, 0.1) is 10.8 Å². The van der Waals surface area contributed by atoms with Gasteiger partial charge in [0.1, 0.15) is 0 Å². The molecule has 0 bridgehead atoms. The number of rotatable bonds is 5. The maximum absolute atomic E-state index is 2.40. The zero-order valence-electron chi connectivity index (χ0n) is 11.6. The SMILES string of the molecule is CCC(C)(C)CC(C)(C)C[N+](C)(C)C. The number of quaternary nitrogens is 1. The summed E-state index contributed by atoms with van der Waals surface area (Å²) in [6.07, 6.45) is 2.58. The molecule has 0 aromatic carbocycles. The Labute approximate surface area is 91.1 Å². The first-order valence-corrected chi connectivity index (χ1v) is 5.78.